The van der Waals surface area contributed by atoms with Gasteiger partial charge in [-0.2, -0.15) is 0 Å². The molecular formula is C24H24N4O4S2. The van der Waals surface area contributed by atoms with Crippen LogP contribution in [0.15, 0.2) is 58.3 Å². The number of carbonyl (C=O) groups excluding carboxylic acids is 2. The second-order valence-electron chi connectivity index (χ2n) is 7.19. The maximum absolute atomic E-state index is 12.9. The molecular weight excluding hydrogens is 472 g/mol. The molecule has 0 saturated carbocycles. The van der Waals surface area contributed by atoms with Gasteiger partial charge >= 0.3 is 5.97 Å². The van der Waals surface area contributed by atoms with Crippen LogP contribution in [0.4, 0.5) is 5.00 Å². The fraction of sp³-hybridized carbons (Fsp3) is 0.250. The second-order valence-corrected chi connectivity index (χ2v) is 9.36. The normalized spacial score (nSPS) is 10.9. The zero-order valence-corrected chi connectivity index (χ0v) is 20.7. The summed E-state index contributed by atoms with van der Waals surface area (Å²) >= 11 is 2.64. The minimum Gasteiger partial charge on any atom is -0.462 e. The van der Waals surface area contributed by atoms with E-state index in [1.165, 1.54) is 23.1 Å². The number of benzene rings is 1. The van der Waals surface area contributed by atoms with Gasteiger partial charge in [0.05, 0.1) is 18.6 Å². The number of nitrogens with zero attached hydrogens (tertiary/aromatic N) is 3. The van der Waals surface area contributed by atoms with Crippen molar-refractivity contribution >= 4 is 40.0 Å². The number of furan rings is 1. The van der Waals surface area contributed by atoms with Gasteiger partial charge in [-0.15, -0.1) is 21.5 Å². The summed E-state index contributed by atoms with van der Waals surface area (Å²) in [6.07, 6.45) is 1.58. The predicted molar refractivity (Wildman–Crippen MR) is 133 cm³/mol. The van der Waals surface area contributed by atoms with Crippen LogP contribution in [-0.2, 0) is 16.1 Å². The average molecular weight is 497 g/mol. The van der Waals surface area contributed by atoms with Crippen LogP contribution in [0.1, 0.15) is 29.1 Å². The van der Waals surface area contributed by atoms with Crippen LogP contribution in [0.2, 0.25) is 0 Å². The van der Waals surface area contributed by atoms with Crippen molar-refractivity contribution in [2.24, 2.45) is 0 Å². The standard InChI is InChI=1S/C24H24N4O4S2/c1-4-28-21(17-12-9-13-32-17)26-27-24(28)33-14-18(29)25-22-20(23(30)31-5-2)19(15(3)34-22)16-10-7-6-8-11-16/h6-13H,4-5,14H2,1-3H3,(H,25,29). The molecule has 4 aromatic rings. The first-order valence-corrected chi connectivity index (χ1v) is 12.6. The summed E-state index contributed by atoms with van der Waals surface area (Å²) in [5, 5.41) is 12.4. The van der Waals surface area contributed by atoms with E-state index in [0.717, 1.165) is 16.0 Å². The van der Waals surface area contributed by atoms with Crippen molar-refractivity contribution in [1.82, 2.24) is 14.8 Å². The highest BCUT2D eigenvalue weighted by Gasteiger charge is 2.25. The number of aryl methyl sites for hydroxylation is 1. The summed E-state index contributed by atoms with van der Waals surface area (Å²) in [7, 11) is 0. The molecule has 3 heterocycles. The Hall–Kier alpha value is -3.37. The number of esters is 1. The van der Waals surface area contributed by atoms with E-state index in [2.05, 4.69) is 15.5 Å². The van der Waals surface area contributed by atoms with E-state index >= 15 is 0 Å². The molecule has 34 heavy (non-hydrogen) atoms. The number of hydrogen-bond acceptors (Lipinski definition) is 8. The number of hydrogen-bond donors (Lipinski definition) is 1. The van der Waals surface area contributed by atoms with Gasteiger partial charge in [0.2, 0.25) is 5.91 Å². The Kier molecular flexibility index (Phi) is 7.49. The van der Waals surface area contributed by atoms with Gasteiger partial charge in [-0.1, -0.05) is 42.1 Å². The Balaban J connectivity index is 1.54. The fourth-order valence-electron chi connectivity index (χ4n) is 3.54. The lowest BCUT2D eigenvalue weighted by molar-refractivity contribution is -0.113. The van der Waals surface area contributed by atoms with E-state index in [0.29, 0.717) is 33.9 Å². The molecule has 0 bridgehead atoms. The molecule has 0 atom stereocenters. The Morgan fingerprint density at radius 2 is 1.94 bits per heavy atom. The number of carbonyl (C=O) groups is 2. The molecule has 176 valence electrons. The maximum Gasteiger partial charge on any atom is 0.341 e. The van der Waals surface area contributed by atoms with Gasteiger partial charge in [0, 0.05) is 17.0 Å². The monoisotopic (exact) mass is 496 g/mol. The maximum atomic E-state index is 12.9. The minimum absolute atomic E-state index is 0.107. The molecule has 0 saturated heterocycles. The second kappa shape index (κ2) is 10.7. The molecule has 3 aromatic heterocycles. The van der Waals surface area contributed by atoms with E-state index in [9.17, 15) is 9.59 Å². The molecule has 0 radical (unpaired) electrons. The van der Waals surface area contributed by atoms with Crippen LogP contribution in [0, 0.1) is 6.92 Å². The highest BCUT2D eigenvalue weighted by atomic mass is 32.2. The van der Waals surface area contributed by atoms with E-state index in [4.69, 9.17) is 9.15 Å². The summed E-state index contributed by atoms with van der Waals surface area (Å²) < 4.78 is 12.6. The largest absolute Gasteiger partial charge is 0.462 e. The lowest BCUT2D eigenvalue weighted by Crippen LogP contribution is -2.16. The molecule has 0 aliphatic rings. The smallest absolute Gasteiger partial charge is 0.341 e. The molecule has 0 unspecified atom stereocenters. The molecule has 1 aromatic carbocycles. The van der Waals surface area contributed by atoms with Crippen LogP contribution in [-0.4, -0.2) is 39.0 Å². The van der Waals surface area contributed by atoms with Gasteiger partial charge < -0.3 is 14.5 Å². The fourth-order valence-corrected chi connectivity index (χ4v) is 5.43. The quantitative estimate of drug-likeness (QED) is 0.241. The summed E-state index contributed by atoms with van der Waals surface area (Å²) in [6.45, 7) is 6.54. The summed E-state index contributed by atoms with van der Waals surface area (Å²) in [6, 6.07) is 13.2. The molecule has 10 heteroatoms. The van der Waals surface area contributed by atoms with Crippen LogP contribution in [0.3, 0.4) is 0 Å². The third-order valence-corrected chi connectivity index (χ3v) is 6.97. The predicted octanol–water partition coefficient (Wildman–Crippen LogP) is 5.50. The van der Waals surface area contributed by atoms with Crippen LogP contribution < -0.4 is 5.32 Å². The third-order valence-electron chi connectivity index (χ3n) is 4.99. The molecule has 4 rings (SSSR count). The Bertz CT molecular complexity index is 1280. The molecule has 0 aliphatic carbocycles. The molecule has 0 spiro atoms. The SMILES string of the molecule is CCOC(=O)c1c(NC(=O)CSc2nnc(-c3ccco3)n2CC)sc(C)c1-c1ccccc1. The summed E-state index contributed by atoms with van der Waals surface area (Å²) in [4.78, 5) is 26.6. The van der Waals surface area contributed by atoms with Crippen LogP contribution >= 0.6 is 23.1 Å². The zero-order valence-electron chi connectivity index (χ0n) is 19.0. The van der Waals surface area contributed by atoms with Crippen LogP contribution in [0.25, 0.3) is 22.7 Å². The van der Waals surface area contributed by atoms with Gasteiger partial charge in [0.1, 0.15) is 10.6 Å². The number of thioether (sulfide) groups is 1. The van der Waals surface area contributed by atoms with Crippen molar-refractivity contribution in [2.75, 3.05) is 17.7 Å². The zero-order chi connectivity index (χ0) is 24.1. The minimum atomic E-state index is -0.456. The molecule has 1 N–H and O–H groups in total. The molecule has 0 fully saturated rings. The van der Waals surface area contributed by atoms with E-state index in [-0.39, 0.29) is 18.3 Å². The number of anilines is 1. The Morgan fingerprint density at radius 3 is 2.62 bits per heavy atom. The van der Waals surface area contributed by atoms with Crippen molar-refractivity contribution in [1.29, 1.82) is 0 Å². The van der Waals surface area contributed by atoms with Crippen LogP contribution in [0.5, 0.6) is 0 Å². The first kappa shape index (κ1) is 23.8. The van der Waals surface area contributed by atoms with Gasteiger partial charge in [0.15, 0.2) is 16.7 Å². The van der Waals surface area contributed by atoms with E-state index in [1.807, 2.05) is 54.8 Å². The van der Waals surface area contributed by atoms with Gasteiger partial charge in [-0.05, 0) is 38.5 Å². The lowest BCUT2D eigenvalue weighted by atomic mass is 10.0. The molecule has 0 aliphatic heterocycles. The third kappa shape index (κ3) is 4.92. The van der Waals surface area contributed by atoms with Gasteiger partial charge in [-0.25, -0.2) is 4.79 Å². The van der Waals surface area contributed by atoms with Gasteiger partial charge in [-0.3, -0.25) is 9.36 Å². The Morgan fingerprint density at radius 1 is 1.15 bits per heavy atom. The van der Waals surface area contributed by atoms with E-state index < -0.39 is 5.97 Å². The number of nitrogens with one attached hydrogen (secondary N) is 1. The number of rotatable bonds is 9. The van der Waals surface area contributed by atoms with Crippen molar-refractivity contribution in [3.05, 3.63) is 59.2 Å². The van der Waals surface area contributed by atoms with Crippen molar-refractivity contribution in [3.8, 4) is 22.7 Å². The number of thiophene rings is 1. The lowest BCUT2D eigenvalue weighted by Gasteiger charge is -2.09. The van der Waals surface area contributed by atoms with Gasteiger partial charge in [0.25, 0.3) is 0 Å². The highest BCUT2D eigenvalue weighted by Crippen LogP contribution is 2.40. The summed E-state index contributed by atoms with van der Waals surface area (Å²) in [5.74, 6) is 0.633. The Labute approximate surface area is 205 Å². The van der Waals surface area contributed by atoms with Crippen molar-refractivity contribution < 1.29 is 18.7 Å². The number of amides is 1. The molecule has 8 nitrogen and oxygen atoms in total. The first-order valence-electron chi connectivity index (χ1n) is 10.8. The van der Waals surface area contributed by atoms with Crippen molar-refractivity contribution in [3.63, 3.8) is 0 Å². The van der Waals surface area contributed by atoms with Crippen molar-refractivity contribution in [2.45, 2.75) is 32.5 Å². The number of ether oxygens (including phenoxy) is 1. The topological polar surface area (TPSA) is 99.2 Å². The highest BCUT2D eigenvalue weighted by molar-refractivity contribution is 7.99. The average Bonchev–Trinajstić information content (AvgIpc) is 3.56. The number of aromatic nitrogens is 3. The summed E-state index contributed by atoms with van der Waals surface area (Å²) in [5.41, 5.74) is 2.06. The molecule has 1 amide bonds. The first-order chi connectivity index (χ1) is 16.5. The van der Waals surface area contributed by atoms with E-state index in [1.54, 1.807) is 19.3 Å².